The van der Waals surface area contributed by atoms with Crippen molar-refractivity contribution in [1.82, 2.24) is 10.3 Å². The summed E-state index contributed by atoms with van der Waals surface area (Å²) in [5, 5.41) is 7.59. The van der Waals surface area contributed by atoms with Gasteiger partial charge in [0.1, 0.15) is 17.5 Å². The first-order valence-corrected chi connectivity index (χ1v) is 10.2. The van der Waals surface area contributed by atoms with E-state index in [1.165, 1.54) is 12.3 Å². The van der Waals surface area contributed by atoms with E-state index in [9.17, 15) is 4.39 Å². The molecule has 162 valence electrons. The van der Waals surface area contributed by atoms with E-state index in [4.69, 9.17) is 5.73 Å². The third-order valence-electron chi connectivity index (χ3n) is 5.42. The molecule has 8 heteroatoms. The van der Waals surface area contributed by atoms with Gasteiger partial charge in [-0.15, -0.1) is 0 Å². The predicted molar refractivity (Wildman–Crippen MR) is 124 cm³/mol. The van der Waals surface area contributed by atoms with Gasteiger partial charge < -0.3 is 21.3 Å². The van der Waals surface area contributed by atoms with Gasteiger partial charge in [0, 0.05) is 61.6 Å². The number of nitrogens with one attached hydrogen (secondary N) is 2. The van der Waals surface area contributed by atoms with Crippen LogP contribution in [-0.2, 0) is 0 Å². The van der Waals surface area contributed by atoms with E-state index in [0.29, 0.717) is 34.5 Å². The van der Waals surface area contributed by atoms with Gasteiger partial charge in [-0.25, -0.2) is 13.8 Å². The number of hydrogen-bond donors (Lipinski definition) is 3. The Balaban J connectivity index is 1.72. The molecule has 1 aliphatic rings. The number of aliphatic imine (C=N–C) groups is 1. The van der Waals surface area contributed by atoms with E-state index >= 15 is 4.39 Å². The molecule has 4 rings (SSSR count). The van der Waals surface area contributed by atoms with Gasteiger partial charge in [0.25, 0.3) is 0 Å². The first kappa shape index (κ1) is 21.0. The topological polar surface area (TPSA) is 78.6 Å². The molecule has 3 aromatic rings. The van der Waals surface area contributed by atoms with E-state index in [1.54, 1.807) is 31.4 Å². The summed E-state index contributed by atoms with van der Waals surface area (Å²) in [7, 11) is 1.58. The van der Waals surface area contributed by atoms with Crippen LogP contribution in [0.5, 0.6) is 0 Å². The van der Waals surface area contributed by atoms with Gasteiger partial charge in [-0.2, -0.15) is 0 Å². The van der Waals surface area contributed by atoms with E-state index in [0.717, 1.165) is 24.2 Å². The molecular formula is C23H26F2N6. The van der Waals surface area contributed by atoms with Crippen molar-refractivity contribution in [2.45, 2.75) is 25.9 Å². The van der Waals surface area contributed by atoms with Gasteiger partial charge in [-0.05, 0) is 49.6 Å². The highest BCUT2D eigenvalue weighted by atomic mass is 19.1. The Labute approximate surface area is 180 Å². The third-order valence-corrected chi connectivity index (χ3v) is 5.42. The number of nitrogens with two attached hydrogens (primary N) is 1. The molecule has 0 aliphatic carbocycles. The van der Waals surface area contributed by atoms with Crippen LogP contribution in [0.4, 0.5) is 31.7 Å². The molecule has 0 saturated carbocycles. The summed E-state index contributed by atoms with van der Waals surface area (Å²) in [6.45, 7) is 5.85. The van der Waals surface area contributed by atoms with Gasteiger partial charge in [0.2, 0.25) is 0 Å². The minimum absolute atomic E-state index is 0.0114. The third kappa shape index (κ3) is 4.29. The Morgan fingerprint density at radius 2 is 1.90 bits per heavy atom. The molecular weight excluding hydrogens is 398 g/mol. The summed E-state index contributed by atoms with van der Waals surface area (Å²) in [4.78, 5) is 10.4. The fraction of sp³-hybridized carbons (Fsp3) is 0.304. The Morgan fingerprint density at radius 3 is 2.61 bits per heavy atom. The lowest BCUT2D eigenvalue weighted by Crippen LogP contribution is -2.54. The molecule has 2 aromatic carbocycles. The lowest BCUT2D eigenvalue weighted by atomic mass is 10.1. The summed E-state index contributed by atoms with van der Waals surface area (Å²) < 4.78 is 29.5. The molecule has 31 heavy (non-hydrogen) atoms. The number of anilines is 4. The van der Waals surface area contributed by atoms with Crippen molar-refractivity contribution in [3.05, 3.63) is 53.7 Å². The van der Waals surface area contributed by atoms with Crippen molar-refractivity contribution >= 4 is 39.9 Å². The molecule has 0 radical (unpaired) electrons. The lowest BCUT2D eigenvalue weighted by Gasteiger charge is -2.37. The van der Waals surface area contributed by atoms with Crippen molar-refractivity contribution in [2.24, 2.45) is 4.99 Å². The average molecular weight is 424 g/mol. The quantitative estimate of drug-likeness (QED) is 0.435. The first-order chi connectivity index (χ1) is 14.9. The number of hydrogen-bond acceptors (Lipinski definition) is 6. The largest absolute Gasteiger partial charge is 0.396 e. The highest BCUT2D eigenvalue weighted by Gasteiger charge is 2.22. The zero-order valence-electron chi connectivity index (χ0n) is 17.8. The maximum Gasteiger partial charge on any atom is 0.148 e. The number of nitrogens with zero attached hydrogens (tertiary/aromatic N) is 3. The van der Waals surface area contributed by atoms with Gasteiger partial charge in [0.15, 0.2) is 0 Å². The highest BCUT2D eigenvalue weighted by Crippen LogP contribution is 2.32. The van der Waals surface area contributed by atoms with Crippen LogP contribution in [0.1, 0.15) is 19.4 Å². The molecule has 1 saturated heterocycles. The van der Waals surface area contributed by atoms with Crippen molar-refractivity contribution in [1.29, 1.82) is 0 Å². The lowest BCUT2D eigenvalue weighted by molar-refractivity contribution is 0.407. The standard InChI is InChI=1S/C23H26F2N6/c1-13-11-31(12-14(2)29-13)18-7-15-4-5-28-23(21(15)19(24)9-18)30-17-6-16(10-27-3)22(26)20(25)8-17/h4-10,13-14,29H,11-12,26H2,1-3H3,(H,28,30). The van der Waals surface area contributed by atoms with Gasteiger partial charge in [-0.3, -0.25) is 4.99 Å². The molecule has 1 aliphatic heterocycles. The van der Waals surface area contributed by atoms with Crippen molar-refractivity contribution in [3.63, 3.8) is 0 Å². The van der Waals surface area contributed by atoms with Crippen LogP contribution in [0.3, 0.4) is 0 Å². The van der Waals surface area contributed by atoms with Crippen LogP contribution in [0.2, 0.25) is 0 Å². The van der Waals surface area contributed by atoms with Crippen LogP contribution in [0, 0.1) is 11.6 Å². The predicted octanol–water partition coefficient (Wildman–Crippen LogP) is 4.07. The summed E-state index contributed by atoms with van der Waals surface area (Å²) in [5.74, 6) is -0.648. The van der Waals surface area contributed by atoms with E-state index in [1.807, 2.05) is 6.07 Å². The SMILES string of the molecule is CN=Cc1cc(Nc2nccc3cc(N4CC(C)NC(C)C4)cc(F)c23)cc(F)c1N. The molecule has 6 nitrogen and oxygen atoms in total. The summed E-state index contributed by atoms with van der Waals surface area (Å²) in [6.07, 6.45) is 3.08. The molecule has 2 atom stereocenters. The van der Waals surface area contributed by atoms with Crippen molar-refractivity contribution in [2.75, 3.05) is 36.1 Å². The number of rotatable bonds is 4. The normalized spacial score (nSPS) is 19.3. The Kier molecular flexibility index (Phi) is 5.73. The summed E-state index contributed by atoms with van der Waals surface area (Å²) in [5.41, 5.74) is 7.47. The fourth-order valence-electron chi connectivity index (χ4n) is 4.16. The van der Waals surface area contributed by atoms with Crippen LogP contribution in [0.15, 0.2) is 41.5 Å². The summed E-state index contributed by atoms with van der Waals surface area (Å²) >= 11 is 0. The van der Waals surface area contributed by atoms with Gasteiger partial charge >= 0.3 is 0 Å². The Hall–Kier alpha value is -3.26. The Bertz CT molecular complexity index is 1140. The van der Waals surface area contributed by atoms with Gasteiger partial charge in [0.05, 0.1) is 11.1 Å². The monoisotopic (exact) mass is 424 g/mol. The minimum atomic E-state index is -0.579. The maximum atomic E-state index is 15.3. The molecule has 0 amide bonds. The number of nitrogen functional groups attached to an aromatic ring is 1. The maximum absolute atomic E-state index is 15.3. The number of benzene rings is 2. The summed E-state index contributed by atoms with van der Waals surface area (Å²) in [6, 6.07) is 8.84. The first-order valence-electron chi connectivity index (χ1n) is 10.2. The molecule has 4 N–H and O–H groups in total. The molecule has 1 fully saturated rings. The molecule has 0 spiro atoms. The zero-order valence-corrected chi connectivity index (χ0v) is 17.8. The smallest absolute Gasteiger partial charge is 0.148 e. The zero-order chi connectivity index (χ0) is 22.1. The molecule has 2 heterocycles. The second-order valence-electron chi connectivity index (χ2n) is 8.03. The second kappa shape index (κ2) is 8.47. The minimum Gasteiger partial charge on any atom is -0.396 e. The molecule has 0 bridgehead atoms. The number of aromatic nitrogens is 1. The average Bonchev–Trinajstić information content (AvgIpc) is 2.71. The van der Waals surface area contributed by atoms with Crippen LogP contribution in [0.25, 0.3) is 10.8 Å². The van der Waals surface area contributed by atoms with E-state index < -0.39 is 5.82 Å². The molecule has 1 aromatic heterocycles. The van der Waals surface area contributed by atoms with Gasteiger partial charge in [-0.1, -0.05) is 0 Å². The number of halogens is 2. The van der Waals surface area contributed by atoms with E-state index in [2.05, 4.69) is 39.4 Å². The number of fused-ring (bicyclic) bond motifs is 1. The highest BCUT2D eigenvalue weighted by molar-refractivity contribution is 5.96. The van der Waals surface area contributed by atoms with E-state index in [-0.39, 0.29) is 11.5 Å². The van der Waals surface area contributed by atoms with Crippen LogP contribution in [-0.4, -0.2) is 43.4 Å². The number of piperazine rings is 1. The van der Waals surface area contributed by atoms with Crippen LogP contribution < -0.4 is 21.3 Å². The van der Waals surface area contributed by atoms with Crippen molar-refractivity contribution < 1.29 is 8.78 Å². The molecule has 2 unspecified atom stereocenters. The number of pyridine rings is 1. The van der Waals surface area contributed by atoms with Crippen molar-refractivity contribution in [3.8, 4) is 0 Å². The second-order valence-corrected chi connectivity index (χ2v) is 8.03. The Morgan fingerprint density at radius 1 is 1.16 bits per heavy atom. The fourth-order valence-corrected chi connectivity index (χ4v) is 4.16. The van der Waals surface area contributed by atoms with Crippen LogP contribution >= 0.6 is 0 Å².